The number of nitrogens with one attached hydrogen (secondary N) is 2. The molecule has 0 aliphatic carbocycles. The van der Waals surface area contributed by atoms with E-state index in [0.29, 0.717) is 0 Å². The zero-order valence-electron chi connectivity index (χ0n) is 7.50. The van der Waals surface area contributed by atoms with Crippen LogP contribution in [0.15, 0.2) is 24.3 Å². The molecule has 0 heterocycles. The molecule has 0 bridgehead atoms. The molecule has 0 saturated heterocycles. The van der Waals surface area contributed by atoms with Crippen molar-refractivity contribution < 1.29 is 0 Å². The lowest BCUT2D eigenvalue weighted by atomic mass is 10.2. The second-order valence-electron chi connectivity index (χ2n) is 2.56. The molecule has 70 valence electrons. The van der Waals surface area contributed by atoms with Crippen molar-refractivity contribution in [2.75, 3.05) is 12.4 Å². The van der Waals surface area contributed by atoms with E-state index in [0.717, 1.165) is 11.4 Å². The van der Waals surface area contributed by atoms with Crippen LogP contribution in [0.25, 0.3) is 0 Å². The molecular weight excluding hydrogens is 182 g/mol. The molecule has 0 amide bonds. The molecule has 0 unspecified atom stereocenters. The predicted molar refractivity (Wildman–Crippen MR) is 59.2 cm³/mol. The third-order valence-electron chi connectivity index (χ3n) is 1.67. The van der Waals surface area contributed by atoms with Gasteiger partial charge in [-0.05, 0) is 11.6 Å². The Morgan fingerprint density at radius 3 is 2.85 bits per heavy atom. The van der Waals surface area contributed by atoms with Gasteiger partial charge in [-0.3, -0.25) is 5.41 Å². The number of nitrogens with two attached hydrogens (primary N) is 1. The Hall–Kier alpha value is -1.16. The minimum absolute atomic E-state index is 0.158. The summed E-state index contributed by atoms with van der Waals surface area (Å²) in [5.74, 6) is 0.742. The Bertz CT molecular complexity index is 299. The first-order chi connectivity index (χ1) is 6.24. The number of rotatable bonds is 3. The maximum Gasteiger partial charge on any atom is 0.151 e. The molecule has 1 rings (SSSR count). The summed E-state index contributed by atoms with van der Waals surface area (Å²) in [6.07, 6.45) is 0. The number of thioether (sulfide) groups is 1. The molecule has 1 aromatic carbocycles. The summed E-state index contributed by atoms with van der Waals surface area (Å²) >= 11 is 1.33. The Labute approximate surface area is 82.2 Å². The van der Waals surface area contributed by atoms with Gasteiger partial charge in [0.1, 0.15) is 0 Å². The predicted octanol–water partition coefficient (Wildman–Crippen LogP) is 1.85. The highest BCUT2D eigenvalue weighted by Crippen LogP contribution is 2.19. The molecule has 1 aromatic rings. The highest BCUT2D eigenvalue weighted by molar-refractivity contribution is 8.13. The van der Waals surface area contributed by atoms with Crippen LogP contribution in [-0.2, 0) is 5.75 Å². The van der Waals surface area contributed by atoms with Crippen molar-refractivity contribution in [2.45, 2.75) is 5.75 Å². The minimum Gasteiger partial charge on any atom is -0.388 e. The molecular formula is C9H13N3S. The highest BCUT2D eigenvalue weighted by atomic mass is 32.2. The molecule has 4 heteroatoms. The van der Waals surface area contributed by atoms with Gasteiger partial charge in [-0.25, -0.2) is 0 Å². The zero-order valence-corrected chi connectivity index (χ0v) is 8.32. The van der Waals surface area contributed by atoms with Crippen LogP contribution < -0.4 is 11.1 Å². The lowest BCUT2D eigenvalue weighted by Gasteiger charge is -2.07. The Kier molecular flexibility index (Phi) is 3.64. The van der Waals surface area contributed by atoms with Crippen molar-refractivity contribution >= 4 is 22.6 Å². The highest BCUT2D eigenvalue weighted by Gasteiger charge is 2.00. The van der Waals surface area contributed by atoms with Crippen LogP contribution in [0.5, 0.6) is 0 Å². The van der Waals surface area contributed by atoms with Gasteiger partial charge in [-0.1, -0.05) is 30.0 Å². The van der Waals surface area contributed by atoms with E-state index in [4.69, 9.17) is 11.1 Å². The number of anilines is 1. The largest absolute Gasteiger partial charge is 0.388 e. The van der Waals surface area contributed by atoms with E-state index in [2.05, 4.69) is 5.32 Å². The van der Waals surface area contributed by atoms with E-state index < -0.39 is 0 Å². The van der Waals surface area contributed by atoms with Crippen molar-refractivity contribution in [1.82, 2.24) is 0 Å². The maximum atomic E-state index is 7.09. The second-order valence-corrected chi connectivity index (χ2v) is 3.58. The minimum atomic E-state index is 0.158. The summed E-state index contributed by atoms with van der Waals surface area (Å²) in [6, 6.07) is 8.00. The van der Waals surface area contributed by atoms with Gasteiger partial charge in [-0.2, -0.15) is 0 Å². The average molecular weight is 195 g/mol. The molecule has 4 N–H and O–H groups in total. The topological polar surface area (TPSA) is 61.9 Å². The van der Waals surface area contributed by atoms with Crippen molar-refractivity contribution in [2.24, 2.45) is 5.73 Å². The van der Waals surface area contributed by atoms with E-state index in [1.807, 2.05) is 31.3 Å². The van der Waals surface area contributed by atoms with E-state index in [-0.39, 0.29) is 5.17 Å². The van der Waals surface area contributed by atoms with Crippen LogP contribution in [0.3, 0.4) is 0 Å². The first-order valence-corrected chi connectivity index (χ1v) is 4.95. The van der Waals surface area contributed by atoms with Crippen molar-refractivity contribution in [3.8, 4) is 0 Å². The number of amidine groups is 1. The molecule has 0 aliphatic rings. The third-order valence-corrected chi connectivity index (χ3v) is 2.44. The van der Waals surface area contributed by atoms with Gasteiger partial charge in [0.25, 0.3) is 0 Å². The smallest absolute Gasteiger partial charge is 0.151 e. The van der Waals surface area contributed by atoms with Crippen LogP contribution in [0.4, 0.5) is 5.69 Å². The molecule has 0 radical (unpaired) electrons. The SMILES string of the molecule is CNc1ccccc1CSC(=N)N. The Morgan fingerprint density at radius 1 is 1.54 bits per heavy atom. The van der Waals surface area contributed by atoms with Crippen LogP contribution in [0.2, 0.25) is 0 Å². The molecule has 0 fully saturated rings. The molecule has 0 spiro atoms. The van der Waals surface area contributed by atoms with Crippen LogP contribution in [0, 0.1) is 5.41 Å². The normalized spacial score (nSPS) is 9.62. The van der Waals surface area contributed by atoms with Gasteiger partial charge in [0, 0.05) is 18.5 Å². The fourth-order valence-electron chi connectivity index (χ4n) is 1.05. The molecule has 0 saturated carbocycles. The third kappa shape index (κ3) is 2.99. The summed E-state index contributed by atoms with van der Waals surface area (Å²) in [5.41, 5.74) is 7.52. The molecule has 13 heavy (non-hydrogen) atoms. The number of hydrogen-bond donors (Lipinski definition) is 3. The summed E-state index contributed by atoms with van der Waals surface area (Å²) in [5, 5.41) is 10.3. The molecule has 3 nitrogen and oxygen atoms in total. The number of para-hydroxylation sites is 1. The molecule has 0 atom stereocenters. The van der Waals surface area contributed by atoms with E-state index in [9.17, 15) is 0 Å². The second kappa shape index (κ2) is 4.77. The summed E-state index contributed by atoms with van der Waals surface area (Å²) < 4.78 is 0. The first kappa shape index (κ1) is 9.92. The lowest BCUT2D eigenvalue weighted by Crippen LogP contribution is -2.04. The van der Waals surface area contributed by atoms with Crippen molar-refractivity contribution in [3.05, 3.63) is 29.8 Å². The fraction of sp³-hybridized carbons (Fsp3) is 0.222. The monoisotopic (exact) mass is 195 g/mol. The Balaban J connectivity index is 2.69. The van der Waals surface area contributed by atoms with Crippen LogP contribution in [-0.4, -0.2) is 12.2 Å². The van der Waals surface area contributed by atoms with Gasteiger partial charge in [0.15, 0.2) is 5.17 Å². The van der Waals surface area contributed by atoms with E-state index in [1.54, 1.807) is 0 Å². The quantitative estimate of drug-likeness (QED) is 0.509. The standard InChI is InChI=1S/C9H13N3S/c1-12-8-5-3-2-4-7(8)6-13-9(10)11/h2-5,12H,6H2,1H3,(H3,10,11). The van der Waals surface area contributed by atoms with Gasteiger partial charge in [-0.15, -0.1) is 0 Å². The molecule has 0 aromatic heterocycles. The first-order valence-electron chi connectivity index (χ1n) is 3.96. The Morgan fingerprint density at radius 2 is 2.23 bits per heavy atom. The average Bonchev–Trinajstić information content (AvgIpc) is 2.15. The number of hydrogen-bond acceptors (Lipinski definition) is 3. The van der Waals surface area contributed by atoms with Gasteiger partial charge in [0.05, 0.1) is 0 Å². The fourth-order valence-corrected chi connectivity index (χ4v) is 1.61. The van der Waals surface area contributed by atoms with Gasteiger partial charge >= 0.3 is 0 Å². The summed E-state index contributed by atoms with van der Waals surface area (Å²) in [7, 11) is 1.89. The van der Waals surface area contributed by atoms with Gasteiger partial charge in [0.2, 0.25) is 0 Å². The number of benzene rings is 1. The maximum absolute atomic E-state index is 7.09. The molecule has 0 aliphatic heterocycles. The van der Waals surface area contributed by atoms with Crippen molar-refractivity contribution in [3.63, 3.8) is 0 Å². The van der Waals surface area contributed by atoms with Crippen LogP contribution in [0.1, 0.15) is 5.56 Å². The van der Waals surface area contributed by atoms with Gasteiger partial charge < -0.3 is 11.1 Å². The summed E-state index contributed by atoms with van der Waals surface area (Å²) in [4.78, 5) is 0. The summed E-state index contributed by atoms with van der Waals surface area (Å²) in [6.45, 7) is 0. The zero-order chi connectivity index (χ0) is 9.68. The van der Waals surface area contributed by atoms with E-state index >= 15 is 0 Å². The van der Waals surface area contributed by atoms with Crippen LogP contribution >= 0.6 is 11.8 Å². The van der Waals surface area contributed by atoms with E-state index in [1.165, 1.54) is 17.3 Å². The van der Waals surface area contributed by atoms with Crippen molar-refractivity contribution in [1.29, 1.82) is 5.41 Å². The lowest BCUT2D eigenvalue weighted by molar-refractivity contribution is 1.37.